The van der Waals surface area contributed by atoms with Crippen LogP contribution in [0, 0.1) is 6.92 Å². The van der Waals surface area contributed by atoms with E-state index in [1.807, 2.05) is 0 Å². The van der Waals surface area contributed by atoms with Crippen molar-refractivity contribution in [1.82, 2.24) is 10.2 Å². The van der Waals surface area contributed by atoms with E-state index in [2.05, 4.69) is 10.2 Å². The summed E-state index contributed by atoms with van der Waals surface area (Å²) in [7, 11) is 0. The standard InChI is InChI=1S/C10H10N2O4S/c1-6-7(2-4-15-6)9-11-12-10(16-9)17-5-3-8(13)14/h2,4H,3,5H2,1H3,(H,13,14)/p-1. The van der Waals surface area contributed by atoms with Gasteiger partial charge in [0.05, 0.1) is 11.8 Å². The van der Waals surface area contributed by atoms with Crippen molar-refractivity contribution in [3.8, 4) is 11.5 Å². The molecule has 0 saturated heterocycles. The Bertz CT molecular complexity index is 520. The number of hydrogen-bond donors (Lipinski definition) is 0. The van der Waals surface area contributed by atoms with Gasteiger partial charge in [-0.05, 0) is 19.4 Å². The van der Waals surface area contributed by atoms with Gasteiger partial charge in [0.15, 0.2) is 0 Å². The molecule has 2 aromatic heterocycles. The Kier molecular flexibility index (Phi) is 3.48. The third-order valence-corrected chi connectivity index (χ3v) is 2.85. The second-order valence-electron chi connectivity index (χ2n) is 3.23. The van der Waals surface area contributed by atoms with Crippen LogP contribution in [0.25, 0.3) is 11.5 Å². The maximum atomic E-state index is 10.2. The summed E-state index contributed by atoms with van der Waals surface area (Å²) in [5.74, 6) is 0.309. The van der Waals surface area contributed by atoms with Crippen molar-refractivity contribution >= 4 is 17.7 Å². The SMILES string of the molecule is Cc1occc1-c1nnc(SCCC(=O)[O-])o1. The first-order chi connectivity index (χ1) is 8.16. The first-order valence-corrected chi connectivity index (χ1v) is 5.86. The molecule has 0 bridgehead atoms. The molecule has 0 radical (unpaired) electrons. The molecule has 0 N–H and O–H groups in total. The van der Waals surface area contributed by atoms with Crippen molar-refractivity contribution in [2.45, 2.75) is 18.6 Å². The minimum absolute atomic E-state index is 0.0485. The zero-order valence-corrected chi connectivity index (χ0v) is 9.82. The van der Waals surface area contributed by atoms with Crippen molar-refractivity contribution in [3.63, 3.8) is 0 Å². The lowest BCUT2D eigenvalue weighted by Crippen LogP contribution is -2.22. The first-order valence-electron chi connectivity index (χ1n) is 4.87. The molecule has 0 unspecified atom stereocenters. The number of hydrogen-bond acceptors (Lipinski definition) is 7. The molecule has 0 saturated carbocycles. The molecule has 0 fully saturated rings. The number of thioether (sulfide) groups is 1. The highest BCUT2D eigenvalue weighted by Gasteiger charge is 2.12. The highest BCUT2D eigenvalue weighted by atomic mass is 32.2. The normalized spacial score (nSPS) is 10.6. The van der Waals surface area contributed by atoms with Crippen LogP contribution in [0.1, 0.15) is 12.2 Å². The molecular formula is C10H9N2O4S-. The van der Waals surface area contributed by atoms with Gasteiger partial charge >= 0.3 is 0 Å². The maximum absolute atomic E-state index is 10.2. The maximum Gasteiger partial charge on any atom is 0.276 e. The largest absolute Gasteiger partial charge is 0.550 e. The van der Waals surface area contributed by atoms with Crippen LogP contribution in [0.15, 0.2) is 26.4 Å². The van der Waals surface area contributed by atoms with Gasteiger partial charge in [-0.1, -0.05) is 11.8 Å². The summed E-state index contributed by atoms with van der Waals surface area (Å²) in [6.45, 7) is 1.79. The number of carbonyl (C=O) groups excluding carboxylic acids is 1. The zero-order chi connectivity index (χ0) is 12.3. The van der Waals surface area contributed by atoms with E-state index in [4.69, 9.17) is 8.83 Å². The van der Waals surface area contributed by atoms with Gasteiger partial charge in [0.2, 0.25) is 0 Å². The lowest BCUT2D eigenvalue weighted by molar-refractivity contribution is -0.305. The van der Waals surface area contributed by atoms with Gasteiger partial charge in [-0.3, -0.25) is 0 Å². The first kappa shape index (κ1) is 11.7. The van der Waals surface area contributed by atoms with Gasteiger partial charge in [-0.25, -0.2) is 0 Å². The summed E-state index contributed by atoms with van der Waals surface area (Å²) in [5, 5.41) is 18.2. The van der Waals surface area contributed by atoms with E-state index in [-0.39, 0.29) is 6.42 Å². The van der Waals surface area contributed by atoms with Crippen molar-refractivity contribution < 1.29 is 18.7 Å². The Hall–Kier alpha value is -1.76. The number of furan rings is 1. The summed E-state index contributed by atoms with van der Waals surface area (Å²) >= 11 is 1.18. The van der Waals surface area contributed by atoms with Gasteiger partial charge in [-0.2, -0.15) is 0 Å². The number of rotatable bonds is 5. The smallest absolute Gasteiger partial charge is 0.276 e. The fourth-order valence-corrected chi connectivity index (χ4v) is 1.89. The van der Waals surface area contributed by atoms with Crippen LogP contribution >= 0.6 is 11.8 Å². The molecule has 0 aromatic carbocycles. The lowest BCUT2D eigenvalue weighted by Gasteiger charge is -1.97. The van der Waals surface area contributed by atoms with E-state index in [9.17, 15) is 9.90 Å². The Morgan fingerprint density at radius 2 is 2.35 bits per heavy atom. The molecule has 2 rings (SSSR count). The third-order valence-electron chi connectivity index (χ3n) is 2.03. The monoisotopic (exact) mass is 253 g/mol. The van der Waals surface area contributed by atoms with E-state index < -0.39 is 5.97 Å². The minimum atomic E-state index is -1.09. The van der Waals surface area contributed by atoms with Gasteiger partial charge in [0, 0.05) is 11.7 Å². The molecule has 0 amide bonds. The molecule has 2 aromatic rings. The molecule has 0 atom stereocenters. The Morgan fingerprint density at radius 3 is 3.00 bits per heavy atom. The van der Waals surface area contributed by atoms with Crippen LogP contribution in [0.4, 0.5) is 0 Å². The molecule has 6 nitrogen and oxygen atoms in total. The van der Waals surface area contributed by atoms with Gasteiger partial charge in [0.25, 0.3) is 11.1 Å². The zero-order valence-electron chi connectivity index (χ0n) is 9.00. The number of aliphatic carboxylic acids is 1. The average molecular weight is 253 g/mol. The predicted octanol–water partition coefficient (Wildman–Crippen LogP) is 0.870. The molecule has 0 spiro atoms. The Morgan fingerprint density at radius 1 is 1.53 bits per heavy atom. The number of aryl methyl sites for hydroxylation is 1. The van der Waals surface area contributed by atoms with Crippen LogP contribution < -0.4 is 5.11 Å². The molecule has 90 valence electrons. The summed E-state index contributed by atoms with van der Waals surface area (Å²) in [6.07, 6.45) is 1.49. The second kappa shape index (κ2) is 5.05. The third kappa shape index (κ3) is 2.88. The van der Waals surface area contributed by atoms with Crippen molar-refractivity contribution in [2.75, 3.05) is 5.75 Å². The van der Waals surface area contributed by atoms with Gasteiger partial charge in [0.1, 0.15) is 5.76 Å². The number of carbonyl (C=O) groups is 1. The summed E-state index contributed by atoms with van der Waals surface area (Å²) < 4.78 is 10.5. The van der Waals surface area contributed by atoms with Crippen molar-refractivity contribution in [2.24, 2.45) is 0 Å². The fourth-order valence-electron chi connectivity index (χ4n) is 1.21. The fraction of sp³-hybridized carbons (Fsp3) is 0.300. The second-order valence-corrected chi connectivity index (χ2v) is 4.28. The molecule has 0 aliphatic heterocycles. The Balaban J connectivity index is 2.01. The number of nitrogens with zero attached hydrogens (tertiary/aromatic N) is 2. The van der Waals surface area contributed by atoms with E-state index in [1.165, 1.54) is 18.0 Å². The molecular weight excluding hydrogens is 244 g/mol. The highest BCUT2D eigenvalue weighted by Crippen LogP contribution is 2.26. The van der Waals surface area contributed by atoms with Crippen LogP contribution in [0.3, 0.4) is 0 Å². The van der Waals surface area contributed by atoms with Gasteiger partial charge < -0.3 is 18.7 Å². The van der Waals surface area contributed by atoms with Crippen LogP contribution in [0.2, 0.25) is 0 Å². The van der Waals surface area contributed by atoms with E-state index in [0.717, 1.165) is 5.56 Å². The molecule has 2 heterocycles. The summed E-state index contributed by atoms with van der Waals surface area (Å²) in [5.41, 5.74) is 0.740. The predicted molar refractivity (Wildman–Crippen MR) is 57.1 cm³/mol. The van der Waals surface area contributed by atoms with Crippen LogP contribution in [-0.2, 0) is 4.79 Å². The Labute approximate surface area is 101 Å². The lowest BCUT2D eigenvalue weighted by atomic mass is 10.3. The van der Waals surface area contributed by atoms with Crippen LogP contribution in [0.5, 0.6) is 0 Å². The van der Waals surface area contributed by atoms with Gasteiger partial charge in [-0.15, -0.1) is 10.2 Å². The molecule has 0 aliphatic rings. The summed E-state index contributed by atoms with van der Waals surface area (Å²) in [6, 6.07) is 1.73. The molecule has 0 aliphatic carbocycles. The van der Waals surface area contributed by atoms with E-state index >= 15 is 0 Å². The number of carboxylic acid groups (broad SMARTS) is 1. The molecule has 7 heteroatoms. The van der Waals surface area contributed by atoms with Crippen molar-refractivity contribution in [1.29, 1.82) is 0 Å². The molecule has 17 heavy (non-hydrogen) atoms. The number of carboxylic acids is 1. The van der Waals surface area contributed by atoms with Crippen LogP contribution in [-0.4, -0.2) is 21.9 Å². The topological polar surface area (TPSA) is 92.2 Å². The highest BCUT2D eigenvalue weighted by molar-refractivity contribution is 7.99. The quantitative estimate of drug-likeness (QED) is 0.730. The minimum Gasteiger partial charge on any atom is -0.550 e. The van der Waals surface area contributed by atoms with E-state index in [1.54, 1.807) is 13.0 Å². The van der Waals surface area contributed by atoms with E-state index in [0.29, 0.717) is 22.6 Å². The average Bonchev–Trinajstić information content (AvgIpc) is 2.86. The summed E-state index contributed by atoms with van der Waals surface area (Å²) in [4.78, 5) is 10.2. The number of aromatic nitrogens is 2. The van der Waals surface area contributed by atoms with Crippen molar-refractivity contribution in [3.05, 3.63) is 18.1 Å².